The molecule has 2 unspecified atom stereocenters. The number of methoxy groups -OCH3 is 1. The van der Waals surface area contributed by atoms with Crippen molar-refractivity contribution in [3.8, 4) is 0 Å². The third-order valence-electron chi connectivity index (χ3n) is 2.73. The minimum absolute atomic E-state index is 0.544. The molecule has 0 aliphatic carbocycles. The quantitative estimate of drug-likeness (QED) is 0.723. The van der Waals surface area contributed by atoms with Gasteiger partial charge in [-0.2, -0.15) is 0 Å². The summed E-state index contributed by atoms with van der Waals surface area (Å²) in [5, 5.41) is 5.62. The molecule has 0 fully saturated rings. The van der Waals surface area contributed by atoms with Crippen LogP contribution in [0.25, 0.3) is 0 Å². The molecule has 1 N–H and O–H groups in total. The maximum Gasteiger partial charge on any atom is 0.0587 e. The fourth-order valence-corrected chi connectivity index (χ4v) is 2.36. The summed E-state index contributed by atoms with van der Waals surface area (Å²) in [6.07, 6.45) is 1.17. The Bertz CT molecular complexity index is 248. The van der Waals surface area contributed by atoms with Gasteiger partial charge in [0.05, 0.1) is 6.61 Å². The zero-order chi connectivity index (χ0) is 11.1. The van der Waals surface area contributed by atoms with Gasteiger partial charge in [-0.1, -0.05) is 13.0 Å². The first-order valence-electron chi connectivity index (χ1n) is 5.48. The van der Waals surface area contributed by atoms with Crippen LogP contribution in [-0.2, 0) is 11.2 Å². The molecule has 0 aliphatic rings. The van der Waals surface area contributed by atoms with Gasteiger partial charge in [0.1, 0.15) is 0 Å². The first-order chi connectivity index (χ1) is 7.24. The molecule has 0 spiro atoms. The molecular formula is C12H21NOS. The van der Waals surface area contributed by atoms with Crippen LogP contribution in [-0.4, -0.2) is 26.3 Å². The lowest BCUT2D eigenvalue weighted by molar-refractivity contribution is 0.192. The number of hydrogen-bond donors (Lipinski definition) is 1. The smallest absolute Gasteiger partial charge is 0.0587 e. The van der Waals surface area contributed by atoms with Crippen molar-refractivity contribution < 1.29 is 4.74 Å². The van der Waals surface area contributed by atoms with Crippen molar-refractivity contribution in [1.29, 1.82) is 0 Å². The van der Waals surface area contributed by atoms with Crippen molar-refractivity contribution in [2.24, 2.45) is 5.92 Å². The second-order valence-electron chi connectivity index (χ2n) is 4.00. The Morgan fingerprint density at radius 3 is 2.87 bits per heavy atom. The van der Waals surface area contributed by atoms with Gasteiger partial charge >= 0.3 is 0 Å². The number of thiophene rings is 1. The molecule has 0 aliphatic heterocycles. The van der Waals surface area contributed by atoms with Gasteiger partial charge in [0.15, 0.2) is 0 Å². The Hall–Kier alpha value is -0.380. The molecular weight excluding hydrogens is 206 g/mol. The van der Waals surface area contributed by atoms with Crippen LogP contribution in [0.15, 0.2) is 17.5 Å². The summed E-state index contributed by atoms with van der Waals surface area (Å²) in [5.41, 5.74) is 0. The van der Waals surface area contributed by atoms with E-state index in [2.05, 4.69) is 36.7 Å². The molecule has 1 heterocycles. The molecule has 0 radical (unpaired) electrons. The fraction of sp³-hybridized carbons (Fsp3) is 0.667. The first-order valence-corrected chi connectivity index (χ1v) is 6.36. The van der Waals surface area contributed by atoms with Gasteiger partial charge in [-0.15, -0.1) is 11.3 Å². The summed E-state index contributed by atoms with van der Waals surface area (Å²) in [4.78, 5) is 1.47. The van der Waals surface area contributed by atoms with Crippen LogP contribution in [0, 0.1) is 5.92 Å². The molecule has 1 rings (SSSR count). The Balaban J connectivity index is 2.23. The van der Waals surface area contributed by atoms with E-state index in [1.807, 2.05) is 11.3 Å². The Morgan fingerprint density at radius 2 is 2.27 bits per heavy atom. The highest BCUT2D eigenvalue weighted by Gasteiger charge is 2.12. The monoisotopic (exact) mass is 227 g/mol. The molecule has 0 aromatic carbocycles. The maximum absolute atomic E-state index is 5.02. The van der Waals surface area contributed by atoms with Crippen LogP contribution >= 0.6 is 11.3 Å². The third-order valence-corrected chi connectivity index (χ3v) is 3.63. The highest BCUT2D eigenvalue weighted by atomic mass is 32.1. The van der Waals surface area contributed by atoms with E-state index in [9.17, 15) is 0 Å². The summed E-state index contributed by atoms with van der Waals surface area (Å²) >= 11 is 1.84. The number of ether oxygens (including phenoxy) is 1. The lowest BCUT2D eigenvalue weighted by Gasteiger charge is -2.20. The Kier molecular flexibility index (Phi) is 5.91. The largest absolute Gasteiger partial charge is 0.383 e. The Morgan fingerprint density at radius 1 is 1.47 bits per heavy atom. The molecule has 2 nitrogen and oxygen atoms in total. The van der Waals surface area contributed by atoms with Gasteiger partial charge in [0, 0.05) is 24.6 Å². The van der Waals surface area contributed by atoms with E-state index < -0.39 is 0 Å². The van der Waals surface area contributed by atoms with E-state index in [0.29, 0.717) is 12.0 Å². The van der Waals surface area contributed by atoms with Gasteiger partial charge in [-0.3, -0.25) is 0 Å². The summed E-state index contributed by atoms with van der Waals surface area (Å²) in [6.45, 7) is 6.26. The SMILES string of the molecule is COCCNC(C)C(C)Cc1cccs1. The molecule has 0 bridgehead atoms. The van der Waals surface area contributed by atoms with Gasteiger partial charge < -0.3 is 10.1 Å². The molecule has 2 atom stereocenters. The average molecular weight is 227 g/mol. The standard InChI is InChI=1S/C12H21NOS/c1-10(9-12-5-4-8-15-12)11(2)13-6-7-14-3/h4-5,8,10-11,13H,6-7,9H2,1-3H3. The predicted octanol–water partition coefficient (Wildman–Crippen LogP) is 2.55. The van der Waals surface area contributed by atoms with E-state index in [1.165, 1.54) is 11.3 Å². The zero-order valence-corrected chi connectivity index (χ0v) is 10.6. The third kappa shape index (κ3) is 4.78. The van der Waals surface area contributed by atoms with Crippen LogP contribution in [0.2, 0.25) is 0 Å². The van der Waals surface area contributed by atoms with E-state index >= 15 is 0 Å². The highest BCUT2D eigenvalue weighted by molar-refractivity contribution is 7.09. The molecule has 86 valence electrons. The van der Waals surface area contributed by atoms with Crippen molar-refractivity contribution in [1.82, 2.24) is 5.32 Å². The zero-order valence-electron chi connectivity index (χ0n) is 9.82. The van der Waals surface area contributed by atoms with Crippen molar-refractivity contribution in [2.45, 2.75) is 26.3 Å². The molecule has 0 saturated carbocycles. The van der Waals surface area contributed by atoms with E-state index in [-0.39, 0.29) is 0 Å². The molecule has 15 heavy (non-hydrogen) atoms. The van der Waals surface area contributed by atoms with Crippen molar-refractivity contribution in [3.63, 3.8) is 0 Å². The number of hydrogen-bond acceptors (Lipinski definition) is 3. The van der Waals surface area contributed by atoms with Gasteiger partial charge in [-0.25, -0.2) is 0 Å². The van der Waals surface area contributed by atoms with Crippen LogP contribution in [0.5, 0.6) is 0 Å². The second-order valence-corrected chi connectivity index (χ2v) is 5.03. The summed E-state index contributed by atoms with van der Waals surface area (Å²) < 4.78 is 5.02. The minimum Gasteiger partial charge on any atom is -0.383 e. The van der Waals surface area contributed by atoms with Crippen LogP contribution in [0.3, 0.4) is 0 Å². The molecule has 0 saturated heterocycles. The van der Waals surface area contributed by atoms with E-state index in [4.69, 9.17) is 4.74 Å². The number of rotatable bonds is 7. The maximum atomic E-state index is 5.02. The highest BCUT2D eigenvalue weighted by Crippen LogP contribution is 2.16. The lowest BCUT2D eigenvalue weighted by Crippen LogP contribution is -2.35. The van der Waals surface area contributed by atoms with Crippen LogP contribution in [0.4, 0.5) is 0 Å². The lowest BCUT2D eigenvalue weighted by atomic mass is 9.99. The fourth-order valence-electron chi connectivity index (χ4n) is 1.51. The number of nitrogens with one attached hydrogen (secondary N) is 1. The van der Waals surface area contributed by atoms with Crippen LogP contribution in [0.1, 0.15) is 18.7 Å². The minimum atomic E-state index is 0.544. The predicted molar refractivity (Wildman–Crippen MR) is 66.5 cm³/mol. The average Bonchev–Trinajstić information content (AvgIpc) is 2.70. The molecule has 1 aromatic heterocycles. The van der Waals surface area contributed by atoms with Gasteiger partial charge in [-0.05, 0) is 30.7 Å². The van der Waals surface area contributed by atoms with E-state index in [0.717, 1.165) is 13.2 Å². The topological polar surface area (TPSA) is 21.3 Å². The molecule has 1 aromatic rings. The van der Waals surface area contributed by atoms with E-state index in [1.54, 1.807) is 7.11 Å². The van der Waals surface area contributed by atoms with Gasteiger partial charge in [0.25, 0.3) is 0 Å². The van der Waals surface area contributed by atoms with Crippen molar-refractivity contribution in [2.75, 3.05) is 20.3 Å². The van der Waals surface area contributed by atoms with Crippen molar-refractivity contribution >= 4 is 11.3 Å². The summed E-state index contributed by atoms with van der Waals surface area (Å²) in [5.74, 6) is 0.667. The van der Waals surface area contributed by atoms with Gasteiger partial charge in [0.2, 0.25) is 0 Å². The summed E-state index contributed by atoms with van der Waals surface area (Å²) in [6, 6.07) is 4.88. The van der Waals surface area contributed by atoms with Crippen molar-refractivity contribution in [3.05, 3.63) is 22.4 Å². The Labute approximate surface area is 96.7 Å². The molecule has 0 amide bonds. The summed E-state index contributed by atoms with van der Waals surface area (Å²) in [7, 11) is 1.74. The second kappa shape index (κ2) is 6.99. The normalized spacial score (nSPS) is 15.1. The molecule has 3 heteroatoms. The first kappa shape index (κ1) is 12.7. The van der Waals surface area contributed by atoms with Crippen LogP contribution < -0.4 is 5.32 Å².